The SMILES string of the molecule is C[C@H](Oc1ccc(Cl)cc1Cl)C(=O)Nc1nc2ccc(F)cc2s1. The number of amides is 1. The van der Waals surface area contributed by atoms with Crippen LogP contribution in [0.1, 0.15) is 6.92 Å². The van der Waals surface area contributed by atoms with Gasteiger partial charge in [-0.3, -0.25) is 10.1 Å². The Kier molecular flexibility index (Phi) is 4.89. The summed E-state index contributed by atoms with van der Waals surface area (Å²) in [6, 6.07) is 9.00. The number of ether oxygens (including phenoxy) is 1. The van der Waals surface area contributed by atoms with Crippen LogP contribution in [0.2, 0.25) is 10.0 Å². The van der Waals surface area contributed by atoms with E-state index in [2.05, 4.69) is 10.3 Å². The van der Waals surface area contributed by atoms with E-state index in [9.17, 15) is 9.18 Å². The normalized spacial score (nSPS) is 12.2. The molecule has 1 N–H and O–H groups in total. The van der Waals surface area contributed by atoms with Gasteiger partial charge in [0.05, 0.1) is 15.2 Å². The first-order valence-electron chi connectivity index (χ1n) is 6.91. The lowest BCUT2D eigenvalue weighted by Gasteiger charge is -2.14. The van der Waals surface area contributed by atoms with Gasteiger partial charge in [0.2, 0.25) is 0 Å². The van der Waals surface area contributed by atoms with E-state index < -0.39 is 6.10 Å². The van der Waals surface area contributed by atoms with Crippen LogP contribution < -0.4 is 10.1 Å². The van der Waals surface area contributed by atoms with E-state index in [1.807, 2.05) is 0 Å². The highest BCUT2D eigenvalue weighted by Gasteiger charge is 2.18. The number of aromatic nitrogens is 1. The molecule has 0 unspecified atom stereocenters. The molecule has 0 fully saturated rings. The molecule has 0 saturated heterocycles. The van der Waals surface area contributed by atoms with Crippen molar-refractivity contribution in [2.75, 3.05) is 5.32 Å². The lowest BCUT2D eigenvalue weighted by molar-refractivity contribution is -0.122. The molecule has 24 heavy (non-hydrogen) atoms. The lowest BCUT2D eigenvalue weighted by Crippen LogP contribution is -2.30. The van der Waals surface area contributed by atoms with Crippen LogP contribution in [-0.4, -0.2) is 17.0 Å². The zero-order valence-electron chi connectivity index (χ0n) is 12.3. The summed E-state index contributed by atoms with van der Waals surface area (Å²) in [5, 5.41) is 3.82. The predicted octanol–water partition coefficient (Wildman–Crippen LogP) is 5.15. The number of benzene rings is 2. The summed E-state index contributed by atoms with van der Waals surface area (Å²) in [5.74, 6) is -0.381. The number of carbonyl (C=O) groups is 1. The third-order valence-electron chi connectivity index (χ3n) is 3.15. The van der Waals surface area contributed by atoms with Gasteiger partial charge in [-0.05, 0) is 43.3 Å². The van der Waals surface area contributed by atoms with E-state index in [0.717, 1.165) is 0 Å². The maximum atomic E-state index is 13.2. The number of carbonyl (C=O) groups excluding carboxylic acids is 1. The Bertz CT molecular complexity index is 916. The molecular formula is C16H11Cl2FN2O2S. The average Bonchev–Trinajstić information content (AvgIpc) is 2.91. The first kappa shape index (κ1) is 17.0. The molecule has 0 aliphatic heterocycles. The predicted molar refractivity (Wildman–Crippen MR) is 94.8 cm³/mol. The second-order valence-corrected chi connectivity index (χ2v) is 6.83. The fourth-order valence-electron chi connectivity index (χ4n) is 1.97. The van der Waals surface area contributed by atoms with Gasteiger partial charge >= 0.3 is 0 Å². The Hall–Kier alpha value is -1.89. The largest absolute Gasteiger partial charge is 0.479 e. The third-order valence-corrected chi connectivity index (χ3v) is 4.61. The van der Waals surface area contributed by atoms with Crippen molar-refractivity contribution in [2.24, 2.45) is 0 Å². The molecule has 1 heterocycles. The van der Waals surface area contributed by atoms with Gasteiger partial charge in [-0.15, -0.1) is 0 Å². The number of hydrogen-bond donors (Lipinski definition) is 1. The van der Waals surface area contributed by atoms with Crippen LogP contribution in [-0.2, 0) is 4.79 Å². The molecule has 1 aromatic heterocycles. The molecule has 8 heteroatoms. The lowest BCUT2D eigenvalue weighted by atomic mass is 10.3. The van der Waals surface area contributed by atoms with Gasteiger partial charge in [0.25, 0.3) is 5.91 Å². The van der Waals surface area contributed by atoms with Gasteiger partial charge in [-0.25, -0.2) is 9.37 Å². The summed E-state index contributed by atoms with van der Waals surface area (Å²) in [4.78, 5) is 16.5. The van der Waals surface area contributed by atoms with E-state index in [4.69, 9.17) is 27.9 Å². The molecule has 3 rings (SSSR count). The summed E-state index contributed by atoms with van der Waals surface area (Å²) in [6.07, 6.45) is -0.799. The number of anilines is 1. The topological polar surface area (TPSA) is 51.2 Å². The molecule has 0 aliphatic rings. The van der Waals surface area contributed by atoms with E-state index in [0.29, 0.717) is 31.1 Å². The highest BCUT2D eigenvalue weighted by molar-refractivity contribution is 7.22. The molecule has 0 radical (unpaired) electrons. The Labute approximate surface area is 151 Å². The number of rotatable bonds is 4. The molecule has 0 bridgehead atoms. The molecule has 4 nitrogen and oxygen atoms in total. The van der Waals surface area contributed by atoms with Crippen molar-refractivity contribution in [3.63, 3.8) is 0 Å². The second kappa shape index (κ2) is 6.93. The van der Waals surface area contributed by atoms with Gasteiger partial charge in [-0.1, -0.05) is 34.5 Å². The van der Waals surface area contributed by atoms with Crippen LogP contribution >= 0.6 is 34.5 Å². The van der Waals surface area contributed by atoms with Crippen molar-refractivity contribution in [3.8, 4) is 5.75 Å². The number of nitrogens with one attached hydrogen (secondary N) is 1. The van der Waals surface area contributed by atoms with Crippen molar-refractivity contribution in [1.29, 1.82) is 0 Å². The first-order chi connectivity index (χ1) is 11.4. The van der Waals surface area contributed by atoms with Crippen LogP contribution in [0.3, 0.4) is 0 Å². The Morgan fingerprint density at radius 1 is 1.29 bits per heavy atom. The molecule has 0 spiro atoms. The zero-order valence-corrected chi connectivity index (χ0v) is 14.7. The summed E-state index contributed by atoms with van der Waals surface area (Å²) < 4.78 is 19.4. The Balaban J connectivity index is 1.70. The van der Waals surface area contributed by atoms with Crippen LogP contribution in [0.25, 0.3) is 10.2 Å². The molecule has 2 aromatic carbocycles. The maximum Gasteiger partial charge on any atom is 0.266 e. The van der Waals surface area contributed by atoms with Crippen molar-refractivity contribution in [2.45, 2.75) is 13.0 Å². The average molecular weight is 385 g/mol. The number of hydrogen-bond acceptors (Lipinski definition) is 4. The quantitative estimate of drug-likeness (QED) is 0.676. The van der Waals surface area contributed by atoms with Crippen LogP contribution in [0.15, 0.2) is 36.4 Å². The third kappa shape index (κ3) is 3.77. The summed E-state index contributed by atoms with van der Waals surface area (Å²) >= 11 is 13.0. The van der Waals surface area contributed by atoms with E-state index in [1.165, 1.54) is 29.5 Å². The molecule has 124 valence electrons. The first-order valence-corrected chi connectivity index (χ1v) is 8.48. The summed E-state index contributed by atoms with van der Waals surface area (Å²) in [5.41, 5.74) is 0.617. The van der Waals surface area contributed by atoms with Gasteiger partial charge in [0.1, 0.15) is 11.6 Å². The summed E-state index contributed by atoms with van der Waals surface area (Å²) in [7, 11) is 0. The molecular weight excluding hydrogens is 374 g/mol. The van der Waals surface area contributed by atoms with Gasteiger partial charge in [0, 0.05) is 5.02 Å². The fraction of sp³-hybridized carbons (Fsp3) is 0.125. The van der Waals surface area contributed by atoms with Gasteiger partial charge in [-0.2, -0.15) is 0 Å². The van der Waals surface area contributed by atoms with Crippen molar-refractivity contribution in [1.82, 2.24) is 4.98 Å². The second-order valence-electron chi connectivity index (χ2n) is 4.96. The number of fused-ring (bicyclic) bond motifs is 1. The minimum absolute atomic E-state index is 0.317. The highest BCUT2D eigenvalue weighted by atomic mass is 35.5. The maximum absolute atomic E-state index is 13.2. The monoisotopic (exact) mass is 384 g/mol. The Morgan fingerprint density at radius 3 is 2.83 bits per heavy atom. The Morgan fingerprint density at radius 2 is 2.08 bits per heavy atom. The highest BCUT2D eigenvalue weighted by Crippen LogP contribution is 2.29. The van der Waals surface area contributed by atoms with E-state index in [-0.39, 0.29) is 11.7 Å². The molecule has 0 aliphatic carbocycles. The minimum atomic E-state index is -0.799. The van der Waals surface area contributed by atoms with E-state index in [1.54, 1.807) is 25.1 Å². The molecule has 1 amide bonds. The zero-order chi connectivity index (χ0) is 17.3. The van der Waals surface area contributed by atoms with Crippen LogP contribution in [0, 0.1) is 5.82 Å². The van der Waals surface area contributed by atoms with Crippen molar-refractivity contribution < 1.29 is 13.9 Å². The van der Waals surface area contributed by atoms with Crippen molar-refractivity contribution in [3.05, 3.63) is 52.3 Å². The number of thiazole rings is 1. The fourth-order valence-corrected chi connectivity index (χ4v) is 3.32. The van der Waals surface area contributed by atoms with Gasteiger partial charge < -0.3 is 4.74 Å². The molecule has 1 atom stereocenters. The minimum Gasteiger partial charge on any atom is -0.479 e. The standard InChI is InChI=1S/C16H11Cl2FN2O2S/c1-8(23-13-5-2-9(17)6-11(13)18)15(22)21-16-20-12-4-3-10(19)7-14(12)24-16/h2-8H,1H3,(H,20,21,22)/t8-/m0/s1. The van der Waals surface area contributed by atoms with Crippen LogP contribution in [0.5, 0.6) is 5.75 Å². The van der Waals surface area contributed by atoms with Crippen molar-refractivity contribution >= 4 is 55.8 Å². The summed E-state index contributed by atoms with van der Waals surface area (Å²) in [6.45, 7) is 1.59. The van der Waals surface area contributed by atoms with E-state index >= 15 is 0 Å². The smallest absolute Gasteiger partial charge is 0.266 e. The molecule has 3 aromatic rings. The van der Waals surface area contributed by atoms with Crippen LogP contribution in [0.4, 0.5) is 9.52 Å². The number of halogens is 3. The number of nitrogens with zero attached hydrogens (tertiary/aromatic N) is 1. The van der Waals surface area contributed by atoms with Gasteiger partial charge in [0.15, 0.2) is 11.2 Å². The molecule has 0 saturated carbocycles.